The fourth-order valence-electron chi connectivity index (χ4n) is 1.67. The first kappa shape index (κ1) is 14.5. The summed E-state index contributed by atoms with van der Waals surface area (Å²) in [6.45, 7) is 3.45. The van der Waals surface area contributed by atoms with E-state index in [1.54, 1.807) is 7.11 Å². The van der Waals surface area contributed by atoms with Gasteiger partial charge in [0.2, 0.25) is 0 Å². The fourth-order valence-corrected chi connectivity index (χ4v) is 2.08. The van der Waals surface area contributed by atoms with Crippen molar-refractivity contribution in [2.75, 3.05) is 20.3 Å². The largest absolute Gasteiger partial charge is 0.496 e. The molecule has 0 aliphatic heterocycles. The van der Waals surface area contributed by atoms with Crippen molar-refractivity contribution < 1.29 is 9.47 Å². The van der Waals surface area contributed by atoms with Crippen LogP contribution >= 0.6 is 15.9 Å². The maximum absolute atomic E-state index is 6.07. The molecule has 0 heterocycles. The molecule has 0 spiro atoms. The minimum absolute atomic E-state index is 0.102. The van der Waals surface area contributed by atoms with E-state index in [9.17, 15) is 0 Å². The Morgan fingerprint density at radius 1 is 1.41 bits per heavy atom. The molecule has 2 N–H and O–H groups in total. The first-order valence-electron chi connectivity index (χ1n) is 5.83. The molecule has 3 nitrogen and oxygen atoms in total. The van der Waals surface area contributed by atoms with Crippen LogP contribution in [0.4, 0.5) is 0 Å². The van der Waals surface area contributed by atoms with Crippen LogP contribution in [0.25, 0.3) is 0 Å². The number of rotatable bonds is 7. The van der Waals surface area contributed by atoms with Gasteiger partial charge in [0.25, 0.3) is 0 Å². The molecule has 0 aliphatic carbocycles. The van der Waals surface area contributed by atoms with Gasteiger partial charge in [-0.1, -0.05) is 15.9 Å². The van der Waals surface area contributed by atoms with E-state index in [2.05, 4.69) is 22.0 Å². The first-order chi connectivity index (χ1) is 8.17. The monoisotopic (exact) mass is 301 g/mol. The molecule has 0 radical (unpaired) electrons. The lowest BCUT2D eigenvalue weighted by molar-refractivity contribution is 0.140. The van der Waals surface area contributed by atoms with Gasteiger partial charge in [-0.05, 0) is 43.5 Å². The zero-order chi connectivity index (χ0) is 12.7. The Morgan fingerprint density at radius 3 is 2.82 bits per heavy atom. The molecule has 0 amide bonds. The Balaban J connectivity index is 2.57. The zero-order valence-electron chi connectivity index (χ0n) is 10.4. The Morgan fingerprint density at radius 2 is 2.18 bits per heavy atom. The lowest BCUT2D eigenvalue weighted by Crippen LogP contribution is -2.24. The third-order valence-corrected chi connectivity index (χ3v) is 3.05. The van der Waals surface area contributed by atoms with Crippen LogP contribution in [0.3, 0.4) is 0 Å². The van der Waals surface area contributed by atoms with Crippen LogP contribution in [0.15, 0.2) is 22.7 Å². The van der Waals surface area contributed by atoms with Crippen molar-refractivity contribution in [3.8, 4) is 5.75 Å². The molecule has 0 aromatic heterocycles. The third kappa shape index (κ3) is 5.06. The van der Waals surface area contributed by atoms with Crippen LogP contribution in [0, 0.1) is 0 Å². The van der Waals surface area contributed by atoms with Crippen molar-refractivity contribution in [1.82, 2.24) is 0 Å². The molecule has 4 heteroatoms. The van der Waals surface area contributed by atoms with E-state index in [-0.39, 0.29) is 6.04 Å². The van der Waals surface area contributed by atoms with Crippen LogP contribution in [0.5, 0.6) is 5.75 Å². The average molecular weight is 302 g/mol. The van der Waals surface area contributed by atoms with Gasteiger partial charge in [0, 0.05) is 23.7 Å². The van der Waals surface area contributed by atoms with Gasteiger partial charge in [-0.2, -0.15) is 0 Å². The molecule has 1 rings (SSSR count). The van der Waals surface area contributed by atoms with Crippen LogP contribution in [-0.4, -0.2) is 26.4 Å². The number of benzene rings is 1. The molecule has 0 aliphatic rings. The molecule has 1 aromatic carbocycles. The van der Waals surface area contributed by atoms with Crippen LogP contribution in [-0.2, 0) is 11.2 Å². The second kappa shape index (κ2) is 7.69. The Labute approximate surface area is 111 Å². The van der Waals surface area contributed by atoms with E-state index in [4.69, 9.17) is 15.2 Å². The molecule has 0 bridgehead atoms. The number of halogens is 1. The van der Waals surface area contributed by atoms with Crippen LogP contribution < -0.4 is 10.5 Å². The summed E-state index contributed by atoms with van der Waals surface area (Å²) in [5.74, 6) is 0.889. The number of hydrogen-bond acceptors (Lipinski definition) is 3. The quantitative estimate of drug-likeness (QED) is 0.788. The summed E-state index contributed by atoms with van der Waals surface area (Å²) in [6, 6.07) is 6.08. The van der Waals surface area contributed by atoms with Crippen molar-refractivity contribution >= 4 is 15.9 Å². The summed E-state index contributed by atoms with van der Waals surface area (Å²) in [4.78, 5) is 0. The highest BCUT2D eigenvalue weighted by atomic mass is 79.9. The van der Waals surface area contributed by atoms with E-state index < -0.39 is 0 Å². The summed E-state index contributed by atoms with van der Waals surface area (Å²) in [7, 11) is 1.68. The summed E-state index contributed by atoms with van der Waals surface area (Å²) >= 11 is 3.46. The molecule has 0 fully saturated rings. The van der Waals surface area contributed by atoms with E-state index in [1.165, 1.54) is 0 Å². The van der Waals surface area contributed by atoms with Crippen molar-refractivity contribution in [2.24, 2.45) is 5.73 Å². The highest BCUT2D eigenvalue weighted by Crippen LogP contribution is 2.24. The number of methoxy groups -OCH3 is 1. The second-order valence-electron chi connectivity index (χ2n) is 3.91. The standard InChI is InChI=1S/C13H20BrNO2/c1-3-17-7-6-12(15)9-10-8-11(14)4-5-13(10)16-2/h4-5,8,12H,3,6-7,9,15H2,1-2H3. The number of ether oxygens (including phenoxy) is 2. The number of nitrogens with two attached hydrogens (primary N) is 1. The topological polar surface area (TPSA) is 44.5 Å². The van der Waals surface area contributed by atoms with E-state index in [0.717, 1.165) is 35.2 Å². The fraction of sp³-hybridized carbons (Fsp3) is 0.538. The van der Waals surface area contributed by atoms with Crippen molar-refractivity contribution in [3.63, 3.8) is 0 Å². The maximum atomic E-state index is 6.07. The van der Waals surface area contributed by atoms with Gasteiger partial charge in [0.05, 0.1) is 7.11 Å². The SMILES string of the molecule is CCOCCC(N)Cc1cc(Br)ccc1OC. The molecule has 1 atom stereocenters. The smallest absolute Gasteiger partial charge is 0.122 e. The normalized spacial score (nSPS) is 12.5. The lowest BCUT2D eigenvalue weighted by Gasteiger charge is -2.14. The molecule has 96 valence electrons. The van der Waals surface area contributed by atoms with E-state index in [1.807, 2.05) is 19.1 Å². The molecule has 17 heavy (non-hydrogen) atoms. The minimum Gasteiger partial charge on any atom is -0.496 e. The molecular weight excluding hydrogens is 282 g/mol. The second-order valence-corrected chi connectivity index (χ2v) is 4.82. The molecule has 1 aromatic rings. The first-order valence-corrected chi connectivity index (χ1v) is 6.62. The Hall–Kier alpha value is -0.580. The summed E-state index contributed by atoms with van der Waals surface area (Å²) in [5, 5.41) is 0. The molecular formula is C13H20BrNO2. The molecule has 0 saturated heterocycles. The van der Waals surface area contributed by atoms with Crippen LogP contribution in [0.2, 0.25) is 0 Å². The van der Waals surface area contributed by atoms with Crippen molar-refractivity contribution in [1.29, 1.82) is 0 Å². The summed E-state index contributed by atoms with van der Waals surface area (Å²) < 4.78 is 11.7. The Bertz CT molecular complexity index is 344. The summed E-state index contributed by atoms with van der Waals surface area (Å²) in [5.41, 5.74) is 7.20. The van der Waals surface area contributed by atoms with E-state index >= 15 is 0 Å². The van der Waals surface area contributed by atoms with Gasteiger partial charge in [-0.15, -0.1) is 0 Å². The third-order valence-electron chi connectivity index (χ3n) is 2.56. The number of hydrogen-bond donors (Lipinski definition) is 1. The zero-order valence-corrected chi connectivity index (χ0v) is 12.0. The van der Waals surface area contributed by atoms with Gasteiger partial charge >= 0.3 is 0 Å². The molecule has 1 unspecified atom stereocenters. The maximum Gasteiger partial charge on any atom is 0.122 e. The Kier molecular flexibility index (Phi) is 6.55. The van der Waals surface area contributed by atoms with Crippen LogP contribution in [0.1, 0.15) is 18.9 Å². The van der Waals surface area contributed by atoms with Gasteiger partial charge in [0.1, 0.15) is 5.75 Å². The highest BCUT2D eigenvalue weighted by molar-refractivity contribution is 9.10. The van der Waals surface area contributed by atoms with Gasteiger partial charge in [-0.3, -0.25) is 0 Å². The van der Waals surface area contributed by atoms with Crippen molar-refractivity contribution in [3.05, 3.63) is 28.2 Å². The summed E-state index contributed by atoms with van der Waals surface area (Å²) in [6.07, 6.45) is 1.67. The predicted octanol–water partition coefficient (Wildman–Crippen LogP) is 2.75. The molecule has 0 saturated carbocycles. The van der Waals surface area contributed by atoms with Gasteiger partial charge in [-0.25, -0.2) is 0 Å². The average Bonchev–Trinajstić information content (AvgIpc) is 2.29. The van der Waals surface area contributed by atoms with Crippen molar-refractivity contribution in [2.45, 2.75) is 25.8 Å². The van der Waals surface area contributed by atoms with Gasteiger partial charge in [0.15, 0.2) is 0 Å². The predicted molar refractivity (Wildman–Crippen MR) is 73.5 cm³/mol. The highest BCUT2D eigenvalue weighted by Gasteiger charge is 2.09. The lowest BCUT2D eigenvalue weighted by atomic mass is 10.0. The van der Waals surface area contributed by atoms with Gasteiger partial charge < -0.3 is 15.2 Å². The minimum atomic E-state index is 0.102. The van der Waals surface area contributed by atoms with E-state index in [0.29, 0.717) is 6.61 Å².